The van der Waals surface area contributed by atoms with Crippen molar-refractivity contribution in [3.05, 3.63) is 86.6 Å². The Labute approximate surface area is 230 Å². The molecule has 36 heavy (non-hydrogen) atoms. The Kier molecular flexibility index (Phi) is 8.71. The molecule has 3 aromatic carbocycles. The SMILES string of the molecule is COc1ccc(-n2c(COc3ccc(C)cc3)nnc2SCC(=O)Nc2c(Br)cc(C)cc2Br)cc1. The van der Waals surface area contributed by atoms with E-state index in [1.807, 2.05) is 79.1 Å². The average molecular weight is 632 g/mol. The molecule has 10 heteroatoms. The Morgan fingerprint density at radius 1 is 0.944 bits per heavy atom. The maximum atomic E-state index is 12.8. The van der Waals surface area contributed by atoms with Crippen LogP contribution in [-0.2, 0) is 11.4 Å². The van der Waals surface area contributed by atoms with Crippen molar-refractivity contribution in [2.75, 3.05) is 18.2 Å². The van der Waals surface area contributed by atoms with E-state index in [1.54, 1.807) is 7.11 Å². The zero-order chi connectivity index (χ0) is 25.7. The van der Waals surface area contributed by atoms with E-state index in [-0.39, 0.29) is 18.3 Å². The summed E-state index contributed by atoms with van der Waals surface area (Å²) in [5.74, 6) is 2.10. The molecule has 1 heterocycles. The van der Waals surface area contributed by atoms with Crippen molar-refractivity contribution >= 4 is 55.2 Å². The molecule has 4 rings (SSSR count). The fourth-order valence-electron chi connectivity index (χ4n) is 3.39. The van der Waals surface area contributed by atoms with Gasteiger partial charge in [0.1, 0.15) is 18.1 Å². The second-order valence-corrected chi connectivity index (χ2v) is 10.6. The summed E-state index contributed by atoms with van der Waals surface area (Å²) in [5, 5.41) is 12.2. The number of rotatable bonds is 9. The van der Waals surface area contributed by atoms with Gasteiger partial charge < -0.3 is 14.8 Å². The number of halogens is 2. The molecule has 0 radical (unpaired) electrons. The molecule has 7 nitrogen and oxygen atoms in total. The van der Waals surface area contributed by atoms with Gasteiger partial charge in [0.15, 0.2) is 11.0 Å². The molecule has 0 aliphatic rings. The number of ether oxygens (including phenoxy) is 2. The summed E-state index contributed by atoms with van der Waals surface area (Å²) < 4.78 is 14.8. The molecular weight excluding hydrogens is 608 g/mol. The maximum absolute atomic E-state index is 12.8. The third-order valence-corrected chi connectivity index (χ3v) is 7.38. The van der Waals surface area contributed by atoms with Gasteiger partial charge in [-0.1, -0.05) is 29.5 Å². The number of amides is 1. The molecule has 1 amide bonds. The molecule has 0 aliphatic carbocycles. The lowest BCUT2D eigenvalue weighted by Crippen LogP contribution is -2.15. The first kappa shape index (κ1) is 26.2. The van der Waals surface area contributed by atoms with Crippen LogP contribution in [-0.4, -0.2) is 33.5 Å². The minimum atomic E-state index is -0.160. The highest BCUT2D eigenvalue weighted by atomic mass is 79.9. The predicted molar refractivity (Wildman–Crippen MR) is 149 cm³/mol. The highest BCUT2D eigenvalue weighted by Crippen LogP contribution is 2.33. The van der Waals surface area contributed by atoms with Gasteiger partial charge >= 0.3 is 0 Å². The highest BCUT2D eigenvalue weighted by molar-refractivity contribution is 9.11. The van der Waals surface area contributed by atoms with Gasteiger partial charge in [0.25, 0.3) is 0 Å². The fourth-order valence-corrected chi connectivity index (χ4v) is 5.77. The smallest absolute Gasteiger partial charge is 0.234 e. The zero-order valence-electron chi connectivity index (χ0n) is 19.9. The van der Waals surface area contributed by atoms with Crippen LogP contribution in [0.5, 0.6) is 11.5 Å². The van der Waals surface area contributed by atoms with Gasteiger partial charge in [-0.15, -0.1) is 10.2 Å². The first-order valence-corrected chi connectivity index (χ1v) is 13.6. The van der Waals surface area contributed by atoms with E-state index < -0.39 is 0 Å². The monoisotopic (exact) mass is 630 g/mol. The van der Waals surface area contributed by atoms with Gasteiger partial charge in [0.2, 0.25) is 5.91 Å². The number of benzene rings is 3. The van der Waals surface area contributed by atoms with E-state index in [4.69, 9.17) is 9.47 Å². The maximum Gasteiger partial charge on any atom is 0.234 e. The number of nitrogens with one attached hydrogen (secondary N) is 1. The topological polar surface area (TPSA) is 78.3 Å². The number of nitrogens with zero attached hydrogens (tertiary/aromatic N) is 3. The van der Waals surface area contributed by atoms with Crippen LogP contribution in [0.4, 0.5) is 5.69 Å². The van der Waals surface area contributed by atoms with Crippen LogP contribution >= 0.6 is 43.6 Å². The van der Waals surface area contributed by atoms with Crippen molar-refractivity contribution in [1.29, 1.82) is 0 Å². The van der Waals surface area contributed by atoms with E-state index in [9.17, 15) is 4.79 Å². The van der Waals surface area contributed by atoms with Crippen molar-refractivity contribution in [1.82, 2.24) is 14.8 Å². The van der Waals surface area contributed by atoms with Crippen LogP contribution < -0.4 is 14.8 Å². The zero-order valence-corrected chi connectivity index (χ0v) is 23.9. The van der Waals surface area contributed by atoms with Crippen molar-refractivity contribution < 1.29 is 14.3 Å². The number of anilines is 1. The molecule has 1 aromatic heterocycles. The van der Waals surface area contributed by atoms with Gasteiger partial charge in [-0.05, 0) is 99.8 Å². The number of hydrogen-bond acceptors (Lipinski definition) is 6. The molecule has 0 saturated heterocycles. The summed E-state index contributed by atoms with van der Waals surface area (Å²) in [4.78, 5) is 12.8. The lowest BCUT2D eigenvalue weighted by atomic mass is 10.2. The highest BCUT2D eigenvalue weighted by Gasteiger charge is 2.18. The Hall–Kier alpha value is -2.82. The predicted octanol–water partition coefficient (Wildman–Crippen LogP) is 6.73. The van der Waals surface area contributed by atoms with Gasteiger partial charge in [-0.25, -0.2) is 0 Å². The number of thioether (sulfide) groups is 1. The molecule has 0 fully saturated rings. The summed E-state index contributed by atoms with van der Waals surface area (Å²) in [6.45, 7) is 4.24. The standard InChI is InChI=1S/C26H24Br2N4O3S/c1-16-4-8-20(9-5-16)35-14-23-30-31-26(32(23)18-6-10-19(34-3)11-7-18)36-15-24(33)29-25-21(27)12-17(2)13-22(25)28/h4-13H,14-15H2,1-3H3,(H,29,33). The molecule has 0 atom stereocenters. The number of carbonyl (C=O) groups is 1. The third-order valence-electron chi connectivity index (χ3n) is 5.20. The van der Waals surface area contributed by atoms with Gasteiger partial charge in [-0.3, -0.25) is 9.36 Å². The lowest BCUT2D eigenvalue weighted by molar-refractivity contribution is -0.113. The van der Waals surface area contributed by atoms with E-state index in [1.165, 1.54) is 11.8 Å². The summed E-state index contributed by atoms with van der Waals surface area (Å²) >= 11 is 8.33. The second kappa shape index (κ2) is 11.9. The molecule has 1 N–H and O–H groups in total. The van der Waals surface area contributed by atoms with E-state index in [2.05, 4.69) is 47.4 Å². The average Bonchev–Trinajstić information content (AvgIpc) is 3.27. The Bertz CT molecular complexity index is 1340. The lowest BCUT2D eigenvalue weighted by Gasteiger charge is -2.13. The van der Waals surface area contributed by atoms with E-state index >= 15 is 0 Å². The van der Waals surface area contributed by atoms with Crippen molar-refractivity contribution in [3.8, 4) is 17.2 Å². The van der Waals surface area contributed by atoms with Crippen LogP contribution in [0, 0.1) is 13.8 Å². The van der Waals surface area contributed by atoms with Gasteiger partial charge in [-0.2, -0.15) is 0 Å². The summed E-state index contributed by atoms with van der Waals surface area (Å²) in [6.07, 6.45) is 0. The quantitative estimate of drug-likeness (QED) is 0.207. The number of aromatic nitrogens is 3. The van der Waals surface area contributed by atoms with Crippen molar-refractivity contribution in [2.24, 2.45) is 0 Å². The molecule has 4 aromatic rings. The first-order chi connectivity index (χ1) is 17.3. The molecule has 0 unspecified atom stereocenters. The molecule has 0 saturated carbocycles. The van der Waals surface area contributed by atoms with Crippen LogP contribution in [0.3, 0.4) is 0 Å². The summed E-state index contributed by atoms with van der Waals surface area (Å²) in [6, 6.07) is 19.3. The molecule has 0 spiro atoms. The van der Waals surface area contributed by atoms with Crippen molar-refractivity contribution in [3.63, 3.8) is 0 Å². The fraction of sp³-hybridized carbons (Fsp3) is 0.192. The second-order valence-electron chi connectivity index (χ2n) is 7.97. The molecule has 0 aliphatic heterocycles. The minimum absolute atomic E-state index is 0.153. The Morgan fingerprint density at radius 2 is 1.58 bits per heavy atom. The van der Waals surface area contributed by atoms with Gasteiger partial charge in [0.05, 0.1) is 18.6 Å². The van der Waals surface area contributed by atoms with Gasteiger partial charge in [0, 0.05) is 14.6 Å². The minimum Gasteiger partial charge on any atom is -0.497 e. The Balaban J connectivity index is 1.53. The van der Waals surface area contributed by atoms with Crippen LogP contribution in [0.15, 0.2) is 74.8 Å². The number of hydrogen-bond donors (Lipinski definition) is 1. The first-order valence-electron chi connectivity index (χ1n) is 11.0. The molecule has 0 bridgehead atoms. The van der Waals surface area contributed by atoms with Crippen LogP contribution in [0.2, 0.25) is 0 Å². The van der Waals surface area contributed by atoms with Crippen LogP contribution in [0.1, 0.15) is 17.0 Å². The number of methoxy groups -OCH3 is 1. The molecular formula is C26H24Br2N4O3S. The van der Waals surface area contributed by atoms with E-state index in [0.29, 0.717) is 16.7 Å². The number of carbonyl (C=O) groups excluding carboxylic acids is 1. The third kappa shape index (κ3) is 6.48. The van der Waals surface area contributed by atoms with E-state index in [0.717, 1.165) is 37.3 Å². The summed E-state index contributed by atoms with van der Waals surface area (Å²) in [5.41, 5.74) is 3.77. The number of aryl methyl sites for hydroxylation is 2. The summed E-state index contributed by atoms with van der Waals surface area (Å²) in [7, 11) is 1.62. The largest absolute Gasteiger partial charge is 0.497 e. The Morgan fingerprint density at radius 3 is 2.22 bits per heavy atom. The van der Waals surface area contributed by atoms with Crippen molar-refractivity contribution in [2.45, 2.75) is 25.6 Å². The molecule has 186 valence electrons. The normalized spacial score (nSPS) is 10.8. The van der Waals surface area contributed by atoms with Crippen LogP contribution in [0.25, 0.3) is 5.69 Å².